The third-order valence-electron chi connectivity index (χ3n) is 5.95. The number of piperidine rings is 1. The number of fused-ring (bicyclic) bond motifs is 3. The van der Waals surface area contributed by atoms with Crippen molar-refractivity contribution >= 4 is 23.2 Å². The van der Waals surface area contributed by atoms with E-state index in [1.54, 1.807) is 35.4 Å². The number of pyridine rings is 1. The molecule has 2 aromatic heterocycles. The second-order valence-electron chi connectivity index (χ2n) is 9.73. The summed E-state index contributed by atoms with van der Waals surface area (Å²) in [6.07, 6.45) is -1.67. The van der Waals surface area contributed by atoms with Crippen LogP contribution in [-0.2, 0) is 4.74 Å². The average Bonchev–Trinajstić information content (AvgIpc) is 3.25. The fourth-order valence-electron chi connectivity index (χ4n) is 4.49. The number of hydrogen-bond acceptors (Lipinski definition) is 8. The lowest BCUT2D eigenvalue weighted by molar-refractivity contribution is -0.200. The summed E-state index contributed by atoms with van der Waals surface area (Å²) < 4.78 is 44.0. The highest BCUT2D eigenvalue weighted by atomic mass is 19.3. The van der Waals surface area contributed by atoms with Gasteiger partial charge in [-0.15, -0.1) is 0 Å². The molecule has 0 spiro atoms. The third kappa shape index (κ3) is 4.47. The van der Waals surface area contributed by atoms with Crippen molar-refractivity contribution in [2.75, 3.05) is 24.6 Å². The van der Waals surface area contributed by atoms with E-state index in [-0.39, 0.29) is 41.0 Å². The van der Waals surface area contributed by atoms with Gasteiger partial charge in [0.25, 0.3) is 6.01 Å². The molecule has 5 heterocycles. The maximum Gasteiger partial charge on any atom is 0.421 e. The maximum atomic E-state index is 13.8. The molecule has 11 heteroatoms. The molecule has 1 amide bonds. The van der Waals surface area contributed by atoms with Crippen molar-refractivity contribution in [3.05, 3.63) is 36.5 Å². The van der Waals surface area contributed by atoms with Crippen molar-refractivity contribution in [3.63, 3.8) is 0 Å². The second kappa shape index (κ2) is 8.33. The Balaban J connectivity index is 1.46. The predicted molar refractivity (Wildman–Crippen MR) is 122 cm³/mol. The molecule has 186 valence electrons. The molecule has 1 N–H and O–H groups in total. The molecule has 3 aliphatic heterocycles. The summed E-state index contributed by atoms with van der Waals surface area (Å²) in [7, 11) is 0. The molecule has 0 radical (unpaired) electrons. The van der Waals surface area contributed by atoms with Crippen LogP contribution in [0.5, 0.6) is 5.75 Å². The van der Waals surface area contributed by atoms with Crippen LogP contribution in [0.15, 0.2) is 40.9 Å². The number of anilines is 1. The molecule has 3 saturated heterocycles. The zero-order valence-corrected chi connectivity index (χ0v) is 19.6. The van der Waals surface area contributed by atoms with Gasteiger partial charge in [0.05, 0.1) is 17.8 Å². The Morgan fingerprint density at radius 2 is 1.94 bits per heavy atom. The number of rotatable bonds is 5. The first-order valence-corrected chi connectivity index (χ1v) is 11.3. The molecule has 2 unspecified atom stereocenters. The summed E-state index contributed by atoms with van der Waals surface area (Å²) in [6.45, 7) is 4.92. The normalized spacial score (nSPS) is 20.1. The van der Waals surface area contributed by atoms with Crippen LogP contribution in [-0.4, -0.2) is 69.6 Å². The SMILES string of the molecule is CC(C)(C)OC(=O)N1C2CC1CN(c1nc3c(OC(F)(F)CO)ccc(-c4ccccn4)c3o1)C2. The summed E-state index contributed by atoms with van der Waals surface area (Å²) in [4.78, 5) is 25.0. The van der Waals surface area contributed by atoms with E-state index in [0.29, 0.717) is 24.3 Å². The number of amides is 1. The zero-order chi connectivity index (χ0) is 25.0. The molecular formula is C24H26F2N4O5. The first kappa shape index (κ1) is 23.3. The van der Waals surface area contributed by atoms with Gasteiger partial charge in [-0.2, -0.15) is 13.8 Å². The average molecular weight is 488 g/mol. The molecule has 2 atom stereocenters. The summed E-state index contributed by atoms with van der Waals surface area (Å²) in [5, 5.41) is 8.96. The van der Waals surface area contributed by atoms with Crippen molar-refractivity contribution in [2.45, 2.75) is 51.0 Å². The lowest BCUT2D eigenvalue weighted by atomic mass is 9.88. The van der Waals surface area contributed by atoms with Crippen LogP contribution in [0.1, 0.15) is 27.2 Å². The zero-order valence-electron chi connectivity index (χ0n) is 19.6. The number of aromatic nitrogens is 2. The van der Waals surface area contributed by atoms with E-state index in [1.165, 1.54) is 6.07 Å². The Hall–Kier alpha value is -3.47. The van der Waals surface area contributed by atoms with Crippen LogP contribution in [0.4, 0.5) is 19.6 Å². The summed E-state index contributed by atoms with van der Waals surface area (Å²) >= 11 is 0. The molecule has 9 nitrogen and oxygen atoms in total. The van der Waals surface area contributed by atoms with E-state index in [4.69, 9.17) is 19.0 Å². The highest BCUT2D eigenvalue weighted by Crippen LogP contribution is 2.41. The van der Waals surface area contributed by atoms with Crippen LogP contribution in [0.2, 0.25) is 0 Å². The van der Waals surface area contributed by atoms with Crippen molar-refractivity contribution in [1.29, 1.82) is 0 Å². The summed E-state index contributed by atoms with van der Waals surface area (Å²) in [5.41, 5.74) is 0.901. The standard InChI is InChI=1S/C24H26F2N4O5/c1-23(2,3)35-22(32)30-14-10-15(30)12-29(11-14)21-28-19-18(34-24(25,26)13-31)8-7-16(20(19)33-21)17-6-4-5-9-27-17/h4-9,14-15,31H,10-13H2,1-3H3. The van der Waals surface area contributed by atoms with Gasteiger partial charge in [0.1, 0.15) is 12.2 Å². The molecule has 6 rings (SSSR count). The fourth-order valence-corrected chi connectivity index (χ4v) is 4.49. The third-order valence-corrected chi connectivity index (χ3v) is 5.95. The van der Waals surface area contributed by atoms with E-state index in [9.17, 15) is 13.6 Å². The molecule has 35 heavy (non-hydrogen) atoms. The Morgan fingerprint density at radius 1 is 1.20 bits per heavy atom. The van der Waals surface area contributed by atoms with Crippen LogP contribution >= 0.6 is 0 Å². The van der Waals surface area contributed by atoms with Gasteiger partial charge in [-0.1, -0.05) is 6.07 Å². The highest BCUT2D eigenvalue weighted by Gasteiger charge is 2.49. The first-order chi connectivity index (χ1) is 16.5. The maximum absolute atomic E-state index is 13.8. The van der Waals surface area contributed by atoms with Gasteiger partial charge >= 0.3 is 12.2 Å². The minimum Gasteiger partial charge on any atom is -0.444 e. The Morgan fingerprint density at radius 3 is 2.57 bits per heavy atom. The first-order valence-electron chi connectivity index (χ1n) is 11.3. The van der Waals surface area contributed by atoms with Crippen LogP contribution < -0.4 is 9.64 Å². The van der Waals surface area contributed by atoms with Crippen molar-refractivity contribution in [3.8, 4) is 17.0 Å². The molecule has 0 saturated carbocycles. The minimum atomic E-state index is -3.78. The van der Waals surface area contributed by atoms with E-state index < -0.39 is 18.3 Å². The van der Waals surface area contributed by atoms with Gasteiger partial charge in [-0.05, 0) is 51.5 Å². The molecule has 1 aromatic carbocycles. The van der Waals surface area contributed by atoms with Crippen molar-refractivity contribution < 1.29 is 32.6 Å². The Kier molecular flexibility index (Phi) is 5.54. The number of alkyl halides is 2. The van der Waals surface area contributed by atoms with Crippen LogP contribution in [0, 0.1) is 0 Å². The van der Waals surface area contributed by atoms with Gasteiger partial charge < -0.3 is 23.9 Å². The number of carbonyl (C=O) groups excluding carboxylic acids is 1. The number of ether oxygens (including phenoxy) is 2. The number of benzene rings is 1. The number of hydrogen-bond donors (Lipinski definition) is 1. The molecule has 3 fully saturated rings. The van der Waals surface area contributed by atoms with Gasteiger partial charge in [0, 0.05) is 24.8 Å². The monoisotopic (exact) mass is 488 g/mol. The Bertz CT molecular complexity index is 1230. The molecule has 0 aliphatic carbocycles. The number of piperazine rings is 1. The predicted octanol–water partition coefficient (Wildman–Crippen LogP) is 4.05. The fraction of sp³-hybridized carbons (Fsp3) is 0.458. The lowest BCUT2D eigenvalue weighted by Crippen LogP contribution is -2.70. The van der Waals surface area contributed by atoms with Gasteiger partial charge in [0.2, 0.25) is 0 Å². The topological polar surface area (TPSA) is 101 Å². The van der Waals surface area contributed by atoms with E-state index in [2.05, 4.69) is 9.97 Å². The number of nitrogens with zero attached hydrogens (tertiary/aromatic N) is 4. The van der Waals surface area contributed by atoms with Gasteiger partial charge in [-0.25, -0.2) is 4.79 Å². The van der Waals surface area contributed by atoms with E-state index in [1.807, 2.05) is 25.7 Å². The lowest BCUT2D eigenvalue weighted by Gasteiger charge is -2.55. The van der Waals surface area contributed by atoms with Crippen LogP contribution in [0.3, 0.4) is 0 Å². The molecule has 2 bridgehead atoms. The molecule has 3 aromatic rings. The summed E-state index contributed by atoms with van der Waals surface area (Å²) in [5.74, 6) is -0.216. The van der Waals surface area contributed by atoms with Crippen LogP contribution in [0.25, 0.3) is 22.4 Å². The largest absolute Gasteiger partial charge is 0.444 e. The number of aliphatic hydroxyl groups excluding tert-OH is 1. The minimum absolute atomic E-state index is 0.0664. The molecular weight excluding hydrogens is 462 g/mol. The highest BCUT2D eigenvalue weighted by molar-refractivity contribution is 5.94. The number of halogens is 2. The van der Waals surface area contributed by atoms with Gasteiger partial charge in [0.15, 0.2) is 16.8 Å². The van der Waals surface area contributed by atoms with Crippen molar-refractivity contribution in [2.24, 2.45) is 0 Å². The summed E-state index contributed by atoms with van der Waals surface area (Å²) in [6, 6.07) is 8.38. The van der Waals surface area contributed by atoms with E-state index >= 15 is 0 Å². The van der Waals surface area contributed by atoms with Crippen molar-refractivity contribution in [1.82, 2.24) is 14.9 Å². The quantitative estimate of drug-likeness (QED) is 0.574. The Labute approximate surface area is 200 Å². The second-order valence-corrected chi connectivity index (χ2v) is 9.73. The number of aliphatic hydroxyl groups is 1. The molecule has 3 aliphatic rings. The van der Waals surface area contributed by atoms with E-state index in [0.717, 1.165) is 6.42 Å². The number of oxazole rings is 1. The number of carbonyl (C=O) groups is 1. The smallest absolute Gasteiger partial charge is 0.421 e. The van der Waals surface area contributed by atoms with Gasteiger partial charge in [-0.3, -0.25) is 9.88 Å².